The van der Waals surface area contributed by atoms with Gasteiger partial charge in [-0.15, -0.1) is 0 Å². The predicted molar refractivity (Wildman–Crippen MR) is 78.6 cm³/mol. The molecule has 6 heteroatoms. The molecule has 4 N–H and O–H groups in total. The third-order valence-corrected chi connectivity index (χ3v) is 4.35. The van der Waals surface area contributed by atoms with E-state index in [4.69, 9.17) is 10.8 Å². The topological polar surface area (TPSA) is 87.3 Å². The predicted octanol–water partition coefficient (Wildman–Crippen LogP) is 1.30. The van der Waals surface area contributed by atoms with E-state index in [1.807, 2.05) is 6.92 Å². The summed E-state index contributed by atoms with van der Waals surface area (Å²) in [7, 11) is 0. The van der Waals surface area contributed by atoms with Crippen LogP contribution in [-0.2, 0) is 0 Å². The van der Waals surface area contributed by atoms with Crippen LogP contribution in [0.3, 0.4) is 0 Å². The van der Waals surface area contributed by atoms with Crippen LogP contribution in [0.1, 0.15) is 49.4 Å². The number of nitrogen functional groups attached to an aromatic ring is 1. The third-order valence-electron chi connectivity index (χ3n) is 4.35. The van der Waals surface area contributed by atoms with Gasteiger partial charge in [0.25, 0.3) is 0 Å². The summed E-state index contributed by atoms with van der Waals surface area (Å²) in [6, 6.07) is 0.494. The van der Waals surface area contributed by atoms with Gasteiger partial charge in [0.1, 0.15) is 17.5 Å². The highest BCUT2D eigenvalue weighted by molar-refractivity contribution is 5.59. The molecule has 2 fully saturated rings. The number of aliphatic hydroxyl groups excluding tert-OH is 1. The first-order chi connectivity index (χ1) is 9.74. The van der Waals surface area contributed by atoms with Gasteiger partial charge in [-0.3, -0.25) is 0 Å². The van der Waals surface area contributed by atoms with Crippen LogP contribution >= 0.6 is 0 Å². The lowest BCUT2D eigenvalue weighted by atomic mass is 9.91. The zero-order valence-corrected chi connectivity index (χ0v) is 12.0. The fourth-order valence-electron chi connectivity index (χ4n) is 2.73. The standard InChI is InChI=1S/C14H23N5O/c1-9-12(18-15)16-13(10-5-6-10)17-14(9)19(7-8-20)11-3-2-4-11/h10-11,20H,2-8,15H2,1H3,(H,16,17,18). The lowest BCUT2D eigenvalue weighted by molar-refractivity contribution is 0.282. The number of anilines is 2. The molecule has 0 unspecified atom stereocenters. The molecule has 1 heterocycles. The molecule has 0 aromatic carbocycles. The summed E-state index contributed by atoms with van der Waals surface area (Å²) >= 11 is 0. The average Bonchev–Trinajstić information content (AvgIpc) is 3.21. The molecule has 2 saturated carbocycles. The highest BCUT2D eigenvalue weighted by Crippen LogP contribution is 2.40. The van der Waals surface area contributed by atoms with Crippen molar-refractivity contribution >= 4 is 11.6 Å². The highest BCUT2D eigenvalue weighted by Gasteiger charge is 2.31. The SMILES string of the molecule is Cc1c(NN)nc(C2CC2)nc1N(CCO)C1CCC1. The minimum atomic E-state index is 0.143. The first kappa shape index (κ1) is 13.6. The van der Waals surface area contributed by atoms with Gasteiger partial charge in [-0.05, 0) is 39.0 Å². The molecule has 0 amide bonds. The Kier molecular flexibility index (Phi) is 3.76. The molecular weight excluding hydrogens is 254 g/mol. The number of rotatable bonds is 6. The van der Waals surface area contributed by atoms with Gasteiger partial charge in [0.05, 0.1) is 6.61 Å². The molecule has 2 aliphatic carbocycles. The van der Waals surface area contributed by atoms with Crippen LogP contribution in [0.5, 0.6) is 0 Å². The zero-order chi connectivity index (χ0) is 14.1. The molecule has 0 aliphatic heterocycles. The minimum Gasteiger partial charge on any atom is -0.395 e. The number of hydrogen-bond acceptors (Lipinski definition) is 6. The lowest BCUT2D eigenvalue weighted by Gasteiger charge is -2.39. The number of hydrazine groups is 1. The smallest absolute Gasteiger partial charge is 0.148 e. The normalized spacial score (nSPS) is 18.8. The van der Waals surface area contributed by atoms with E-state index in [1.54, 1.807) is 0 Å². The van der Waals surface area contributed by atoms with Gasteiger partial charge in [-0.1, -0.05) is 0 Å². The fourth-order valence-corrected chi connectivity index (χ4v) is 2.73. The van der Waals surface area contributed by atoms with E-state index < -0.39 is 0 Å². The van der Waals surface area contributed by atoms with Crippen molar-refractivity contribution in [3.05, 3.63) is 11.4 Å². The number of nitrogens with two attached hydrogens (primary N) is 1. The van der Waals surface area contributed by atoms with Gasteiger partial charge in [0, 0.05) is 24.1 Å². The van der Waals surface area contributed by atoms with Crippen molar-refractivity contribution in [1.29, 1.82) is 0 Å². The number of aliphatic hydroxyl groups is 1. The molecule has 0 atom stereocenters. The van der Waals surface area contributed by atoms with Crippen molar-refractivity contribution in [1.82, 2.24) is 9.97 Å². The maximum atomic E-state index is 9.35. The third kappa shape index (κ3) is 2.45. The first-order valence-electron chi connectivity index (χ1n) is 7.47. The van der Waals surface area contributed by atoms with Crippen molar-refractivity contribution in [3.8, 4) is 0 Å². The largest absolute Gasteiger partial charge is 0.395 e. The second-order valence-corrected chi connectivity index (χ2v) is 5.80. The maximum Gasteiger partial charge on any atom is 0.148 e. The number of aromatic nitrogens is 2. The van der Waals surface area contributed by atoms with E-state index in [0.29, 0.717) is 24.3 Å². The van der Waals surface area contributed by atoms with Gasteiger partial charge in [0.2, 0.25) is 0 Å². The Labute approximate surface area is 119 Å². The Balaban J connectivity index is 1.97. The van der Waals surface area contributed by atoms with E-state index in [-0.39, 0.29) is 6.61 Å². The molecule has 110 valence electrons. The summed E-state index contributed by atoms with van der Waals surface area (Å²) in [5.74, 6) is 8.62. The summed E-state index contributed by atoms with van der Waals surface area (Å²) in [5.41, 5.74) is 3.66. The van der Waals surface area contributed by atoms with Gasteiger partial charge >= 0.3 is 0 Å². The molecule has 6 nitrogen and oxygen atoms in total. The Bertz CT molecular complexity index is 485. The molecule has 0 radical (unpaired) electrons. The molecule has 0 saturated heterocycles. The van der Waals surface area contributed by atoms with E-state index in [1.165, 1.54) is 19.3 Å². The lowest BCUT2D eigenvalue weighted by Crippen LogP contribution is -2.43. The number of nitrogens with one attached hydrogen (secondary N) is 1. The molecule has 0 spiro atoms. The maximum absolute atomic E-state index is 9.35. The van der Waals surface area contributed by atoms with Crippen LogP contribution in [0.2, 0.25) is 0 Å². The highest BCUT2D eigenvalue weighted by atomic mass is 16.3. The summed E-state index contributed by atoms with van der Waals surface area (Å²) in [5, 5.41) is 9.35. The molecule has 1 aromatic heterocycles. The Hall–Kier alpha value is -1.40. The van der Waals surface area contributed by atoms with Gasteiger partial charge < -0.3 is 15.4 Å². The molecule has 20 heavy (non-hydrogen) atoms. The van der Waals surface area contributed by atoms with E-state index >= 15 is 0 Å². The van der Waals surface area contributed by atoms with Crippen LogP contribution in [0, 0.1) is 6.92 Å². The monoisotopic (exact) mass is 277 g/mol. The second-order valence-electron chi connectivity index (χ2n) is 5.80. The van der Waals surface area contributed by atoms with E-state index in [2.05, 4.69) is 15.3 Å². The van der Waals surface area contributed by atoms with Crippen LogP contribution in [-0.4, -0.2) is 34.3 Å². The van der Waals surface area contributed by atoms with Crippen molar-refractivity contribution in [2.45, 2.75) is 51.0 Å². The van der Waals surface area contributed by atoms with Crippen molar-refractivity contribution < 1.29 is 5.11 Å². The molecule has 2 aliphatic rings. The van der Waals surface area contributed by atoms with Crippen molar-refractivity contribution in [2.75, 3.05) is 23.5 Å². The Morgan fingerprint density at radius 3 is 2.55 bits per heavy atom. The van der Waals surface area contributed by atoms with Crippen LogP contribution in [0.4, 0.5) is 11.6 Å². The average molecular weight is 277 g/mol. The van der Waals surface area contributed by atoms with E-state index in [9.17, 15) is 5.11 Å². The molecule has 0 bridgehead atoms. The van der Waals surface area contributed by atoms with Gasteiger partial charge in [-0.25, -0.2) is 15.8 Å². The Morgan fingerprint density at radius 2 is 2.05 bits per heavy atom. The zero-order valence-electron chi connectivity index (χ0n) is 12.0. The summed E-state index contributed by atoms with van der Waals surface area (Å²) in [6.45, 7) is 2.75. The van der Waals surface area contributed by atoms with Crippen LogP contribution < -0.4 is 16.2 Å². The summed E-state index contributed by atoms with van der Waals surface area (Å²) in [4.78, 5) is 11.5. The summed E-state index contributed by atoms with van der Waals surface area (Å²) in [6.07, 6.45) is 5.93. The quantitative estimate of drug-likeness (QED) is 0.536. The molecular formula is C14H23N5O. The minimum absolute atomic E-state index is 0.143. The van der Waals surface area contributed by atoms with Crippen LogP contribution in [0.15, 0.2) is 0 Å². The molecule has 1 aromatic rings. The van der Waals surface area contributed by atoms with Gasteiger partial charge in [0.15, 0.2) is 0 Å². The molecule has 3 rings (SSSR count). The van der Waals surface area contributed by atoms with Crippen LogP contribution in [0.25, 0.3) is 0 Å². The van der Waals surface area contributed by atoms with E-state index in [0.717, 1.165) is 30.0 Å². The Morgan fingerprint density at radius 1 is 1.30 bits per heavy atom. The number of hydrogen-bond donors (Lipinski definition) is 3. The first-order valence-corrected chi connectivity index (χ1v) is 7.47. The van der Waals surface area contributed by atoms with Gasteiger partial charge in [-0.2, -0.15) is 0 Å². The number of nitrogens with zero attached hydrogens (tertiary/aromatic N) is 3. The van der Waals surface area contributed by atoms with Crippen molar-refractivity contribution in [3.63, 3.8) is 0 Å². The van der Waals surface area contributed by atoms with Crippen molar-refractivity contribution in [2.24, 2.45) is 5.84 Å². The fraction of sp³-hybridized carbons (Fsp3) is 0.714. The second kappa shape index (κ2) is 5.54. The summed E-state index contributed by atoms with van der Waals surface area (Å²) < 4.78 is 0.